The minimum Gasteiger partial charge on any atom is -0.340 e. The van der Waals surface area contributed by atoms with Gasteiger partial charge in [-0.2, -0.15) is 18.2 Å². The van der Waals surface area contributed by atoms with E-state index in [1.54, 1.807) is 48.5 Å². The van der Waals surface area contributed by atoms with E-state index < -0.39 is 11.7 Å². The van der Waals surface area contributed by atoms with Gasteiger partial charge in [0.15, 0.2) is 0 Å². The first-order valence-corrected chi connectivity index (χ1v) is 9.18. The van der Waals surface area contributed by atoms with E-state index in [0.29, 0.717) is 11.4 Å². The monoisotopic (exact) mass is 534 g/mol. The summed E-state index contributed by atoms with van der Waals surface area (Å²) in [7, 11) is 0. The van der Waals surface area contributed by atoms with Crippen LogP contribution in [0.2, 0.25) is 0 Å². The number of anilines is 4. The number of hydrogen-bond acceptors (Lipinski definition) is 4. The van der Waals surface area contributed by atoms with Crippen LogP contribution in [0.5, 0.6) is 0 Å². The van der Waals surface area contributed by atoms with Gasteiger partial charge >= 0.3 is 6.18 Å². The first-order chi connectivity index (χ1) is 12.3. The standard InChI is InChI=1S/C17H11BrF3IN4/c18-10-1-5-13(6-2-10)25-16-23-9-14(17(19,20)21)15(26-16)24-12-7-3-11(22)4-8-12/h1-9H,(H2,23,24,25,26). The van der Waals surface area contributed by atoms with Crippen molar-refractivity contribution in [2.45, 2.75) is 6.18 Å². The average molecular weight is 535 g/mol. The van der Waals surface area contributed by atoms with Crippen LogP contribution in [0, 0.1) is 3.57 Å². The summed E-state index contributed by atoms with van der Waals surface area (Å²) >= 11 is 5.44. The maximum absolute atomic E-state index is 13.3. The second-order valence-electron chi connectivity index (χ2n) is 5.22. The Kier molecular flexibility index (Phi) is 5.66. The van der Waals surface area contributed by atoms with Crippen LogP contribution in [-0.2, 0) is 6.18 Å². The van der Waals surface area contributed by atoms with Crippen LogP contribution >= 0.6 is 38.5 Å². The Bertz CT molecular complexity index is 899. The number of nitrogens with one attached hydrogen (secondary N) is 2. The maximum Gasteiger partial charge on any atom is 0.421 e. The molecule has 3 rings (SSSR count). The number of alkyl halides is 3. The van der Waals surface area contributed by atoms with Crippen molar-refractivity contribution in [3.8, 4) is 0 Å². The summed E-state index contributed by atoms with van der Waals surface area (Å²) < 4.78 is 41.7. The van der Waals surface area contributed by atoms with Gasteiger partial charge in [0.2, 0.25) is 5.95 Å². The molecule has 0 fully saturated rings. The summed E-state index contributed by atoms with van der Waals surface area (Å²) in [5.41, 5.74) is 0.231. The Balaban J connectivity index is 1.93. The van der Waals surface area contributed by atoms with Gasteiger partial charge in [-0.1, -0.05) is 15.9 Å². The molecule has 26 heavy (non-hydrogen) atoms. The second kappa shape index (κ2) is 7.78. The fraction of sp³-hybridized carbons (Fsp3) is 0.0588. The van der Waals surface area contributed by atoms with Gasteiger partial charge in [-0.3, -0.25) is 0 Å². The smallest absolute Gasteiger partial charge is 0.340 e. The SMILES string of the molecule is FC(F)(F)c1cnc(Nc2ccc(Br)cc2)nc1Nc1ccc(I)cc1. The number of hydrogen-bond donors (Lipinski definition) is 2. The summed E-state index contributed by atoms with van der Waals surface area (Å²) in [5, 5.41) is 5.61. The average Bonchev–Trinajstić information content (AvgIpc) is 2.58. The van der Waals surface area contributed by atoms with Crippen LogP contribution in [0.4, 0.5) is 36.3 Å². The van der Waals surface area contributed by atoms with Crippen LogP contribution in [0.15, 0.2) is 59.2 Å². The lowest BCUT2D eigenvalue weighted by Crippen LogP contribution is -2.12. The predicted octanol–water partition coefficient (Wildman–Crippen LogP) is 6.35. The molecule has 2 N–H and O–H groups in total. The van der Waals surface area contributed by atoms with E-state index in [4.69, 9.17) is 0 Å². The van der Waals surface area contributed by atoms with Gasteiger partial charge in [0, 0.05) is 25.6 Å². The molecule has 1 heterocycles. The highest BCUT2D eigenvalue weighted by Gasteiger charge is 2.35. The molecule has 0 saturated carbocycles. The first kappa shape index (κ1) is 18.9. The summed E-state index contributed by atoms with van der Waals surface area (Å²) in [4.78, 5) is 7.79. The fourth-order valence-corrected chi connectivity index (χ4v) is 2.70. The molecule has 3 aromatic rings. The van der Waals surface area contributed by atoms with Gasteiger partial charge in [-0.15, -0.1) is 0 Å². The van der Waals surface area contributed by atoms with E-state index >= 15 is 0 Å². The topological polar surface area (TPSA) is 49.8 Å². The summed E-state index contributed by atoms with van der Waals surface area (Å²) in [6, 6.07) is 14.1. The summed E-state index contributed by atoms with van der Waals surface area (Å²) in [6.45, 7) is 0. The maximum atomic E-state index is 13.3. The lowest BCUT2D eigenvalue weighted by molar-refractivity contribution is -0.137. The third kappa shape index (κ3) is 4.85. The summed E-state index contributed by atoms with van der Waals surface area (Å²) in [6.07, 6.45) is -3.80. The van der Waals surface area contributed by atoms with E-state index in [2.05, 4.69) is 59.1 Å². The normalized spacial score (nSPS) is 11.3. The minimum absolute atomic E-state index is 0.0633. The highest BCUT2D eigenvalue weighted by molar-refractivity contribution is 14.1. The van der Waals surface area contributed by atoms with Crippen molar-refractivity contribution in [3.05, 3.63) is 68.3 Å². The molecule has 0 bridgehead atoms. The molecule has 9 heteroatoms. The third-order valence-electron chi connectivity index (χ3n) is 3.30. The molecular weight excluding hydrogens is 524 g/mol. The third-order valence-corrected chi connectivity index (χ3v) is 4.55. The molecule has 1 aromatic heterocycles. The largest absolute Gasteiger partial charge is 0.421 e. The lowest BCUT2D eigenvalue weighted by atomic mass is 10.2. The quantitative estimate of drug-likeness (QED) is 0.383. The molecule has 0 unspecified atom stereocenters. The molecule has 0 aliphatic heterocycles. The van der Waals surface area contributed by atoms with Crippen LogP contribution in [0.1, 0.15) is 5.56 Å². The van der Waals surface area contributed by atoms with Gasteiger partial charge in [0.05, 0.1) is 0 Å². The lowest BCUT2D eigenvalue weighted by Gasteiger charge is -2.15. The number of rotatable bonds is 4. The van der Waals surface area contributed by atoms with Crippen LogP contribution in [-0.4, -0.2) is 9.97 Å². The van der Waals surface area contributed by atoms with Crippen molar-refractivity contribution in [1.29, 1.82) is 0 Å². The number of aromatic nitrogens is 2. The molecule has 4 nitrogen and oxygen atoms in total. The second-order valence-corrected chi connectivity index (χ2v) is 7.38. The van der Waals surface area contributed by atoms with E-state index in [-0.39, 0.29) is 11.8 Å². The molecular formula is C17H11BrF3IN4. The van der Waals surface area contributed by atoms with E-state index in [0.717, 1.165) is 14.2 Å². The Morgan fingerprint density at radius 3 is 2.08 bits per heavy atom. The molecule has 134 valence electrons. The van der Waals surface area contributed by atoms with Crippen molar-refractivity contribution < 1.29 is 13.2 Å². The van der Waals surface area contributed by atoms with Gasteiger partial charge in [-0.05, 0) is 71.1 Å². The number of halogens is 5. The number of benzene rings is 2. The van der Waals surface area contributed by atoms with E-state index in [1.807, 2.05) is 0 Å². The zero-order valence-corrected chi connectivity index (χ0v) is 16.7. The van der Waals surface area contributed by atoms with Crippen molar-refractivity contribution in [3.63, 3.8) is 0 Å². The van der Waals surface area contributed by atoms with Crippen LogP contribution < -0.4 is 10.6 Å². The Morgan fingerprint density at radius 1 is 0.885 bits per heavy atom. The van der Waals surface area contributed by atoms with Crippen molar-refractivity contribution in [2.24, 2.45) is 0 Å². The van der Waals surface area contributed by atoms with Gasteiger partial charge in [0.1, 0.15) is 11.4 Å². The van der Waals surface area contributed by atoms with Crippen molar-refractivity contribution in [1.82, 2.24) is 9.97 Å². The van der Waals surface area contributed by atoms with Crippen LogP contribution in [0.3, 0.4) is 0 Å². The highest BCUT2D eigenvalue weighted by Crippen LogP contribution is 2.35. The minimum atomic E-state index is -4.57. The molecule has 0 aliphatic carbocycles. The predicted molar refractivity (Wildman–Crippen MR) is 107 cm³/mol. The zero-order chi connectivity index (χ0) is 18.7. The molecule has 0 amide bonds. The molecule has 0 radical (unpaired) electrons. The van der Waals surface area contributed by atoms with Crippen LogP contribution in [0.25, 0.3) is 0 Å². The Labute approximate surface area is 169 Å². The van der Waals surface area contributed by atoms with E-state index in [9.17, 15) is 13.2 Å². The van der Waals surface area contributed by atoms with Gasteiger partial charge in [0.25, 0.3) is 0 Å². The van der Waals surface area contributed by atoms with Gasteiger partial charge in [-0.25, -0.2) is 4.98 Å². The van der Waals surface area contributed by atoms with Gasteiger partial charge < -0.3 is 10.6 Å². The fourth-order valence-electron chi connectivity index (χ4n) is 2.08. The Hall–Kier alpha value is -1.88. The Morgan fingerprint density at radius 2 is 1.46 bits per heavy atom. The molecule has 2 aromatic carbocycles. The molecule has 0 atom stereocenters. The zero-order valence-electron chi connectivity index (χ0n) is 13.0. The molecule has 0 saturated heterocycles. The number of nitrogens with zero attached hydrogens (tertiary/aromatic N) is 2. The van der Waals surface area contributed by atoms with E-state index in [1.165, 1.54) is 0 Å². The highest BCUT2D eigenvalue weighted by atomic mass is 127. The first-order valence-electron chi connectivity index (χ1n) is 7.31. The van der Waals surface area contributed by atoms with Crippen molar-refractivity contribution in [2.75, 3.05) is 10.6 Å². The van der Waals surface area contributed by atoms with Crippen molar-refractivity contribution >= 4 is 61.7 Å². The molecule has 0 aliphatic rings. The molecule has 0 spiro atoms. The summed E-state index contributed by atoms with van der Waals surface area (Å²) in [5.74, 6) is -0.248.